The fraction of sp³-hybridized carbons (Fsp3) is 0.800. The molecule has 0 aliphatic heterocycles. The van der Waals surface area contributed by atoms with E-state index in [2.05, 4.69) is 23.6 Å². The van der Waals surface area contributed by atoms with Gasteiger partial charge in [-0.2, -0.15) is 0 Å². The average Bonchev–Trinajstić information content (AvgIpc) is 2.72. The molecule has 0 aromatic carbocycles. The van der Waals surface area contributed by atoms with Gasteiger partial charge in [0, 0.05) is 18.8 Å². The highest BCUT2D eigenvalue weighted by molar-refractivity contribution is 7.89. The van der Waals surface area contributed by atoms with Crippen LogP contribution >= 0.6 is 0 Å². The van der Waals surface area contributed by atoms with Gasteiger partial charge in [0.2, 0.25) is 0 Å². The van der Waals surface area contributed by atoms with Crippen molar-refractivity contribution in [2.24, 2.45) is 5.92 Å². The second-order valence-electron chi connectivity index (χ2n) is 7.44. The zero-order chi connectivity index (χ0) is 16.5. The van der Waals surface area contributed by atoms with Crippen molar-refractivity contribution in [3.63, 3.8) is 0 Å². The van der Waals surface area contributed by atoms with Crippen LogP contribution in [0.4, 0.5) is 0 Å². The van der Waals surface area contributed by atoms with Gasteiger partial charge in [0.25, 0.3) is 10.0 Å². The lowest BCUT2D eigenvalue weighted by Gasteiger charge is -2.39. The fourth-order valence-electron chi connectivity index (χ4n) is 2.54. The van der Waals surface area contributed by atoms with Gasteiger partial charge in [-0.25, -0.2) is 18.1 Å². The molecule has 1 aromatic heterocycles. The third-order valence-corrected chi connectivity index (χ3v) is 4.80. The number of hydrogen-bond donors (Lipinski definition) is 1. The Morgan fingerprint density at radius 3 is 2.59 bits per heavy atom. The molecule has 1 saturated carbocycles. The Kier molecular flexibility index (Phi) is 4.99. The van der Waals surface area contributed by atoms with Crippen molar-refractivity contribution in [2.75, 3.05) is 0 Å². The Morgan fingerprint density at radius 2 is 2.05 bits per heavy atom. The van der Waals surface area contributed by atoms with Crippen molar-refractivity contribution in [3.8, 4) is 0 Å². The first-order valence-electron chi connectivity index (χ1n) is 7.77. The van der Waals surface area contributed by atoms with E-state index in [1.165, 1.54) is 0 Å². The molecule has 7 heteroatoms. The van der Waals surface area contributed by atoms with Gasteiger partial charge in [-0.3, -0.25) is 0 Å². The number of nitrogens with zero attached hydrogens (tertiary/aromatic N) is 2. The van der Waals surface area contributed by atoms with Crippen molar-refractivity contribution < 1.29 is 13.2 Å². The number of nitrogens with one attached hydrogen (secondary N) is 1. The Balaban J connectivity index is 1.89. The minimum atomic E-state index is -3.54. The summed E-state index contributed by atoms with van der Waals surface area (Å²) < 4.78 is 34.9. The second kappa shape index (κ2) is 6.29. The molecule has 0 saturated heterocycles. The van der Waals surface area contributed by atoms with Crippen LogP contribution in [0.2, 0.25) is 0 Å². The van der Waals surface area contributed by atoms with Gasteiger partial charge in [0.1, 0.15) is 0 Å². The molecule has 2 rings (SSSR count). The van der Waals surface area contributed by atoms with Crippen LogP contribution in [-0.2, 0) is 21.3 Å². The number of ether oxygens (including phenoxy) is 1. The second-order valence-corrected chi connectivity index (χ2v) is 9.11. The summed E-state index contributed by atoms with van der Waals surface area (Å²) in [5.74, 6) is 0.444. The van der Waals surface area contributed by atoms with E-state index in [-0.39, 0.29) is 22.8 Å². The molecule has 0 unspecified atom stereocenters. The first-order valence-corrected chi connectivity index (χ1v) is 9.25. The zero-order valence-electron chi connectivity index (χ0n) is 14.0. The van der Waals surface area contributed by atoms with Crippen LogP contribution in [0, 0.1) is 5.92 Å². The molecule has 1 aliphatic carbocycles. The summed E-state index contributed by atoms with van der Waals surface area (Å²) in [5, 5.41) is 0.0911. The third-order valence-electron chi connectivity index (χ3n) is 3.40. The predicted octanol–water partition coefficient (Wildman–Crippen LogP) is 2.16. The molecule has 1 N–H and O–H groups in total. The zero-order valence-corrected chi connectivity index (χ0v) is 14.9. The van der Waals surface area contributed by atoms with E-state index in [1.54, 1.807) is 12.5 Å². The molecule has 22 heavy (non-hydrogen) atoms. The highest BCUT2D eigenvalue weighted by atomic mass is 32.2. The molecule has 1 fully saturated rings. The van der Waals surface area contributed by atoms with Crippen LogP contribution in [0.5, 0.6) is 0 Å². The number of rotatable bonds is 6. The molecular formula is C15H27N3O3S. The molecule has 0 atom stereocenters. The van der Waals surface area contributed by atoms with Crippen LogP contribution in [-0.4, -0.2) is 35.7 Å². The summed E-state index contributed by atoms with van der Waals surface area (Å²) in [7, 11) is -3.54. The lowest BCUT2D eigenvalue weighted by Crippen LogP contribution is -2.49. The number of imidazole rings is 1. The predicted molar refractivity (Wildman–Crippen MR) is 85.0 cm³/mol. The van der Waals surface area contributed by atoms with Crippen LogP contribution in [0.3, 0.4) is 0 Å². The molecule has 1 aromatic rings. The molecule has 6 nitrogen and oxygen atoms in total. The van der Waals surface area contributed by atoms with Crippen molar-refractivity contribution in [1.29, 1.82) is 0 Å². The van der Waals surface area contributed by atoms with E-state index in [1.807, 2.05) is 25.3 Å². The molecular weight excluding hydrogens is 302 g/mol. The minimum Gasteiger partial charge on any atom is -0.373 e. The van der Waals surface area contributed by atoms with Crippen LogP contribution < -0.4 is 4.72 Å². The molecule has 0 spiro atoms. The van der Waals surface area contributed by atoms with Crippen molar-refractivity contribution >= 4 is 10.0 Å². The topological polar surface area (TPSA) is 73.2 Å². The third kappa shape index (κ3) is 4.79. The van der Waals surface area contributed by atoms with Gasteiger partial charge in [-0.05, 0) is 39.5 Å². The standard InChI is InChI=1S/C15H27N3O3S/c1-11(2)8-18-9-14(16-10-18)22(19,20)17-12-6-13(7-12)21-15(3,4)5/h9-13,17H,6-8H2,1-5H3. The summed E-state index contributed by atoms with van der Waals surface area (Å²) in [6.07, 6.45) is 4.71. The Labute approximate surface area is 133 Å². The van der Waals surface area contributed by atoms with E-state index in [4.69, 9.17) is 4.74 Å². The monoisotopic (exact) mass is 329 g/mol. The Morgan fingerprint density at radius 1 is 1.41 bits per heavy atom. The van der Waals surface area contributed by atoms with Crippen LogP contribution in [0.1, 0.15) is 47.5 Å². The van der Waals surface area contributed by atoms with Gasteiger partial charge in [0.15, 0.2) is 5.03 Å². The average molecular weight is 329 g/mol. The van der Waals surface area contributed by atoms with E-state index in [0.717, 1.165) is 6.54 Å². The summed E-state index contributed by atoms with van der Waals surface area (Å²) in [5.41, 5.74) is -0.190. The molecule has 0 bridgehead atoms. The van der Waals surface area contributed by atoms with E-state index in [0.29, 0.717) is 18.8 Å². The maximum atomic E-state index is 12.3. The van der Waals surface area contributed by atoms with E-state index < -0.39 is 10.0 Å². The van der Waals surface area contributed by atoms with Crippen LogP contribution in [0.15, 0.2) is 17.6 Å². The molecule has 1 aliphatic rings. The first-order chi connectivity index (χ1) is 10.0. The van der Waals surface area contributed by atoms with Gasteiger partial charge < -0.3 is 9.30 Å². The quantitative estimate of drug-likeness (QED) is 0.868. The first kappa shape index (κ1) is 17.4. The SMILES string of the molecule is CC(C)Cn1cnc(S(=O)(=O)NC2CC(OC(C)(C)C)C2)c1. The lowest BCUT2D eigenvalue weighted by atomic mass is 9.89. The van der Waals surface area contributed by atoms with Gasteiger partial charge in [-0.15, -0.1) is 0 Å². The summed E-state index contributed by atoms with van der Waals surface area (Å²) in [6.45, 7) is 10.9. The molecule has 126 valence electrons. The summed E-state index contributed by atoms with van der Waals surface area (Å²) in [4.78, 5) is 4.01. The van der Waals surface area contributed by atoms with E-state index >= 15 is 0 Å². The molecule has 0 amide bonds. The lowest BCUT2D eigenvalue weighted by molar-refractivity contribution is -0.0995. The number of aromatic nitrogens is 2. The largest absolute Gasteiger partial charge is 0.373 e. The Hall–Kier alpha value is -0.920. The number of hydrogen-bond acceptors (Lipinski definition) is 4. The van der Waals surface area contributed by atoms with Crippen molar-refractivity contribution in [2.45, 2.75) is 76.8 Å². The molecule has 1 heterocycles. The summed E-state index contributed by atoms with van der Waals surface area (Å²) in [6, 6.07) is -0.0624. The Bertz CT molecular complexity index is 596. The smallest absolute Gasteiger partial charge is 0.259 e. The van der Waals surface area contributed by atoms with Crippen molar-refractivity contribution in [1.82, 2.24) is 14.3 Å². The van der Waals surface area contributed by atoms with Crippen LogP contribution in [0.25, 0.3) is 0 Å². The van der Waals surface area contributed by atoms with Gasteiger partial charge >= 0.3 is 0 Å². The van der Waals surface area contributed by atoms with Crippen molar-refractivity contribution in [3.05, 3.63) is 12.5 Å². The highest BCUT2D eigenvalue weighted by Crippen LogP contribution is 2.28. The molecule has 0 radical (unpaired) electrons. The van der Waals surface area contributed by atoms with E-state index in [9.17, 15) is 8.42 Å². The summed E-state index contributed by atoms with van der Waals surface area (Å²) >= 11 is 0. The minimum absolute atomic E-state index is 0.0624. The number of sulfonamides is 1. The fourth-order valence-corrected chi connectivity index (χ4v) is 3.75. The van der Waals surface area contributed by atoms with Gasteiger partial charge in [0.05, 0.1) is 18.0 Å². The normalized spacial score (nSPS) is 22.8. The van der Waals surface area contributed by atoms with Gasteiger partial charge in [-0.1, -0.05) is 13.8 Å². The maximum absolute atomic E-state index is 12.3. The maximum Gasteiger partial charge on any atom is 0.259 e. The highest BCUT2D eigenvalue weighted by Gasteiger charge is 2.36.